The van der Waals surface area contributed by atoms with Crippen LogP contribution in [0.25, 0.3) is 21.9 Å². The molecule has 0 unspecified atom stereocenters. The molecule has 2 aromatic heterocycles. The summed E-state index contributed by atoms with van der Waals surface area (Å²) in [5.41, 5.74) is 3.45. The largest absolute Gasteiger partial charge is 0.368 e. The molecule has 148 valence electrons. The number of aromatic amines is 1. The summed E-state index contributed by atoms with van der Waals surface area (Å²) in [5.74, 6) is 1.11. The molecule has 4 rings (SSSR count). The minimum Gasteiger partial charge on any atom is -0.368 e. The highest BCUT2D eigenvalue weighted by molar-refractivity contribution is 5.83. The number of aromatic nitrogens is 3. The fourth-order valence-corrected chi connectivity index (χ4v) is 3.31. The Morgan fingerprint density at radius 3 is 2.83 bits per heavy atom. The summed E-state index contributed by atoms with van der Waals surface area (Å²) in [6, 6.07) is 14.4. The second kappa shape index (κ2) is 8.26. The number of amides is 1. The summed E-state index contributed by atoms with van der Waals surface area (Å²) >= 11 is 0. The number of imidazole rings is 1. The fourth-order valence-electron chi connectivity index (χ4n) is 3.31. The number of hydrogen-bond acceptors (Lipinski definition) is 4. The third kappa shape index (κ3) is 4.51. The molecule has 0 saturated heterocycles. The Morgan fingerprint density at radius 2 is 1.93 bits per heavy atom. The molecule has 2 heterocycles. The van der Waals surface area contributed by atoms with Crippen molar-refractivity contribution in [3.8, 4) is 0 Å². The number of benzene rings is 2. The van der Waals surface area contributed by atoms with Crippen molar-refractivity contribution in [3.05, 3.63) is 65.7 Å². The van der Waals surface area contributed by atoms with E-state index in [9.17, 15) is 9.18 Å². The number of para-hydroxylation sites is 1. The first-order chi connectivity index (χ1) is 14.1. The van der Waals surface area contributed by atoms with Gasteiger partial charge in [-0.05, 0) is 42.8 Å². The fraction of sp³-hybridized carbons (Fsp3) is 0.227. The van der Waals surface area contributed by atoms with Gasteiger partial charge in [-0.25, -0.2) is 14.4 Å². The van der Waals surface area contributed by atoms with Crippen LogP contribution >= 0.6 is 0 Å². The van der Waals surface area contributed by atoms with Crippen molar-refractivity contribution in [2.75, 3.05) is 18.4 Å². The van der Waals surface area contributed by atoms with Gasteiger partial charge in [0.15, 0.2) is 0 Å². The van der Waals surface area contributed by atoms with Crippen LogP contribution in [0.3, 0.4) is 0 Å². The van der Waals surface area contributed by atoms with Crippen LogP contribution in [0.5, 0.6) is 0 Å². The Labute approximate surface area is 167 Å². The first-order valence-electron chi connectivity index (χ1n) is 9.59. The molecule has 0 atom stereocenters. The topological polar surface area (TPSA) is 82.7 Å². The van der Waals surface area contributed by atoms with Gasteiger partial charge in [0, 0.05) is 31.3 Å². The molecule has 7 heteroatoms. The molecular formula is C22H22FN5O. The molecule has 2 aromatic carbocycles. The number of rotatable bonds is 7. The Bertz CT molecular complexity index is 1170. The zero-order valence-electron chi connectivity index (χ0n) is 16.1. The van der Waals surface area contributed by atoms with E-state index in [0.717, 1.165) is 22.3 Å². The molecule has 1 amide bonds. The van der Waals surface area contributed by atoms with Crippen LogP contribution in [-0.4, -0.2) is 33.9 Å². The highest BCUT2D eigenvalue weighted by atomic mass is 19.1. The second-order valence-corrected chi connectivity index (χ2v) is 6.96. The molecule has 0 bridgehead atoms. The Hall–Kier alpha value is -3.48. The average molecular weight is 391 g/mol. The number of nitrogens with zero attached hydrogens (tertiary/aromatic N) is 2. The third-order valence-corrected chi connectivity index (χ3v) is 4.76. The van der Waals surface area contributed by atoms with Crippen LogP contribution < -0.4 is 10.6 Å². The molecule has 4 aromatic rings. The number of carbonyl (C=O) groups is 1. The predicted octanol–water partition coefficient (Wildman–Crippen LogP) is 3.72. The van der Waals surface area contributed by atoms with Gasteiger partial charge in [0.25, 0.3) is 0 Å². The molecule has 0 aliphatic heterocycles. The van der Waals surface area contributed by atoms with Crippen LogP contribution in [0.2, 0.25) is 0 Å². The van der Waals surface area contributed by atoms with Crippen molar-refractivity contribution in [3.63, 3.8) is 0 Å². The number of fused-ring (bicyclic) bond motifs is 2. The van der Waals surface area contributed by atoms with E-state index >= 15 is 0 Å². The van der Waals surface area contributed by atoms with E-state index in [4.69, 9.17) is 0 Å². The SMILES string of the molecule is Cc1cc(NCCNC(=O)CCc2nc3ccc(F)cc3[nH]2)nc2ccccc12. The number of nitrogens with one attached hydrogen (secondary N) is 3. The molecule has 3 N–H and O–H groups in total. The second-order valence-electron chi connectivity index (χ2n) is 6.96. The number of pyridine rings is 1. The Kier molecular flexibility index (Phi) is 5.37. The van der Waals surface area contributed by atoms with E-state index in [0.29, 0.717) is 42.8 Å². The lowest BCUT2D eigenvalue weighted by atomic mass is 10.1. The minimum atomic E-state index is -0.311. The van der Waals surface area contributed by atoms with E-state index in [-0.39, 0.29) is 11.7 Å². The lowest BCUT2D eigenvalue weighted by molar-refractivity contribution is -0.121. The molecule has 6 nitrogen and oxygen atoms in total. The van der Waals surface area contributed by atoms with Crippen molar-refractivity contribution in [2.45, 2.75) is 19.8 Å². The molecular weight excluding hydrogens is 369 g/mol. The van der Waals surface area contributed by atoms with Crippen LogP contribution in [0, 0.1) is 12.7 Å². The van der Waals surface area contributed by atoms with E-state index < -0.39 is 0 Å². The quantitative estimate of drug-likeness (QED) is 0.419. The van der Waals surface area contributed by atoms with Crippen LogP contribution in [-0.2, 0) is 11.2 Å². The molecule has 29 heavy (non-hydrogen) atoms. The van der Waals surface area contributed by atoms with Gasteiger partial charge in [-0.1, -0.05) is 18.2 Å². The smallest absolute Gasteiger partial charge is 0.220 e. The van der Waals surface area contributed by atoms with Crippen molar-refractivity contribution in [2.24, 2.45) is 0 Å². The summed E-state index contributed by atoms with van der Waals surface area (Å²) < 4.78 is 13.2. The number of halogens is 1. The molecule has 0 saturated carbocycles. The summed E-state index contributed by atoms with van der Waals surface area (Å²) in [4.78, 5) is 24.1. The first kappa shape index (κ1) is 18.9. The standard InChI is InChI=1S/C22H22FN5O/c1-14-12-21(26-17-5-3-2-4-16(14)17)24-10-11-25-22(29)9-8-20-27-18-7-6-15(23)13-19(18)28-20/h2-7,12-13H,8-11H2,1H3,(H,24,26)(H,25,29)(H,27,28). The van der Waals surface area contributed by atoms with Crippen LogP contribution in [0.15, 0.2) is 48.5 Å². The van der Waals surface area contributed by atoms with Gasteiger partial charge in [-0.2, -0.15) is 0 Å². The number of aryl methyl sites for hydroxylation is 2. The van der Waals surface area contributed by atoms with Crippen molar-refractivity contribution in [1.82, 2.24) is 20.3 Å². The molecule has 0 radical (unpaired) electrons. The summed E-state index contributed by atoms with van der Waals surface area (Å²) in [5, 5.41) is 7.28. The van der Waals surface area contributed by atoms with Gasteiger partial charge >= 0.3 is 0 Å². The van der Waals surface area contributed by atoms with E-state index in [1.54, 1.807) is 6.07 Å². The number of hydrogen-bond donors (Lipinski definition) is 3. The third-order valence-electron chi connectivity index (χ3n) is 4.76. The molecule has 0 aliphatic carbocycles. The zero-order chi connectivity index (χ0) is 20.2. The highest BCUT2D eigenvalue weighted by Crippen LogP contribution is 2.19. The maximum atomic E-state index is 13.2. The van der Waals surface area contributed by atoms with Gasteiger partial charge < -0.3 is 15.6 Å². The maximum Gasteiger partial charge on any atom is 0.220 e. The van der Waals surface area contributed by atoms with Gasteiger partial charge in [0.1, 0.15) is 17.5 Å². The average Bonchev–Trinajstić information content (AvgIpc) is 3.12. The van der Waals surface area contributed by atoms with Crippen molar-refractivity contribution >= 4 is 33.7 Å². The Morgan fingerprint density at radius 1 is 1.07 bits per heavy atom. The lowest BCUT2D eigenvalue weighted by Gasteiger charge is -2.09. The van der Waals surface area contributed by atoms with E-state index in [1.165, 1.54) is 12.1 Å². The normalized spacial score (nSPS) is 11.1. The molecule has 0 fully saturated rings. The maximum absolute atomic E-state index is 13.2. The molecule has 0 aliphatic rings. The zero-order valence-corrected chi connectivity index (χ0v) is 16.1. The highest BCUT2D eigenvalue weighted by Gasteiger charge is 2.07. The summed E-state index contributed by atoms with van der Waals surface area (Å²) in [6.07, 6.45) is 0.788. The Balaban J connectivity index is 1.23. The van der Waals surface area contributed by atoms with E-state index in [1.807, 2.05) is 24.3 Å². The minimum absolute atomic E-state index is 0.0545. The van der Waals surface area contributed by atoms with Crippen LogP contribution in [0.4, 0.5) is 10.2 Å². The molecule has 0 spiro atoms. The van der Waals surface area contributed by atoms with Gasteiger partial charge in [-0.15, -0.1) is 0 Å². The monoisotopic (exact) mass is 391 g/mol. The number of anilines is 1. The number of H-pyrrole nitrogens is 1. The lowest BCUT2D eigenvalue weighted by Crippen LogP contribution is -2.29. The number of carbonyl (C=O) groups excluding carboxylic acids is 1. The van der Waals surface area contributed by atoms with E-state index in [2.05, 4.69) is 38.6 Å². The first-order valence-corrected chi connectivity index (χ1v) is 9.59. The van der Waals surface area contributed by atoms with Crippen molar-refractivity contribution in [1.29, 1.82) is 0 Å². The summed E-state index contributed by atoms with van der Waals surface area (Å²) in [6.45, 7) is 3.14. The van der Waals surface area contributed by atoms with Crippen LogP contribution in [0.1, 0.15) is 17.8 Å². The van der Waals surface area contributed by atoms with Gasteiger partial charge in [0.05, 0.1) is 16.6 Å². The predicted molar refractivity (Wildman–Crippen MR) is 112 cm³/mol. The van der Waals surface area contributed by atoms with Crippen molar-refractivity contribution < 1.29 is 9.18 Å². The summed E-state index contributed by atoms with van der Waals surface area (Å²) in [7, 11) is 0. The van der Waals surface area contributed by atoms with Gasteiger partial charge in [0.2, 0.25) is 5.91 Å². The van der Waals surface area contributed by atoms with Gasteiger partial charge in [-0.3, -0.25) is 4.79 Å².